The van der Waals surface area contributed by atoms with Crippen LogP contribution in [0.3, 0.4) is 0 Å². The van der Waals surface area contributed by atoms with Crippen LogP contribution in [-0.2, 0) is 9.53 Å². The second-order valence-corrected chi connectivity index (χ2v) is 2.44. The molecule has 61 valence electrons. The van der Waals surface area contributed by atoms with Crippen molar-refractivity contribution in [3.8, 4) is 0 Å². The highest BCUT2D eigenvalue weighted by molar-refractivity contribution is 5.81. The number of allylic oxidation sites excluding steroid dienone is 1. The van der Waals surface area contributed by atoms with Gasteiger partial charge in [0.05, 0.1) is 0 Å². The standard InChI is InChI=1S/C8H12NO2/c1-2-4-8(10)11-7-5-3-6-9-7/h2,4,7H,3,5-6H2,1H3/b4-2+. The van der Waals surface area contributed by atoms with Gasteiger partial charge >= 0.3 is 5.97 Å². The fourth-order valence-corrected chi connectivity index (χ4v) is 0.998. The molecule has 1 saturated heterocycles. The summed E-state index contributed by atoms with van der Waals surface area (Å²) in [6.07, 6.45) is 4.81. The molecule has 1 unspecified atom stereocenters. The van der Waals surface area contributed by atoms with Gasteiger partial charge in [0.25, 0.3) is 0 Å². The van der Waals surface area contributed by atoms with Crippen LogP contribution in [0.25, 0.3) is 0 Å². The van der Waals surface area contributed by atoms with E-state index in [4.69, 9.17) is 4.74 Å². The smallest absolute Gasteiger partial charge is 0.332 e. The maximum atomic E-state index is 10.8. The molecule has 0 amide bonds. The predicted octanol–water partition coefficient (Wildman–Crippen LogP) is 0.830. The highest BCUT2D eigenvalue weighted by Crippen LogP contribution is 2.08. The first-order valence-corrected chi connectivity index (χ1v) is 3.83. The molecule has 1 aliphatic heterocycles. The van der Waals surface area contributed by atoms with E-state index in [0.29, 0.717) is 0 Å². The lowest BCUT2D eigenvalue weighted by atomic mass is 10.4. The number of hydrogen-bond acceptors (Lipinski definition) is 2. The second kappa shape index (κ2) is 4.13. The SMILES string of the molecule is C/C=C/C(=O)OC1CCC[N]1. The summed E-state index contributed by atoms with van der Waals surface area (Å²) < 4.78 is 4.96. The summed E-state index contributed by atoms with van der Waals surface area (Å²) in [6, 6.07) is 0. The van der Waals surface area contributed by atoms with E-state index in [9.17, 15) is 4.79 Å². The molecule has 3 nitrogen and oxygen atoms in total. The van der Waals surface area contributed by atoms with Gasteiger partial charge in [0, 0.05) is 19.0 Å². The summed E-state index contributed by atoms with van der Waals surface area (Å²) in [5, 5.41) is 4.08. The molecule has 11 heavy (non-hydrogen) atoms. The fourth-order valence-electron chi connectivity index (χ4n) is 0.998. The lowest BCUT2D eigenvalue weighted by Crippen LogP contribution is -2.21. The molecule has 3 heteroatoms. The third-order valence-corrected chi connectivity index (χ3v) is 1.50. The van der Waals surface area contributed by atoms with Crippen LogP contribution >= 0.6 is 0 Å². The Morgan fingerprint density at radius 3 is 3.09 bits per heavy atom. The number of ether oxygens (including phenoxy) is 1. The van der Waals surface area contributed by atoms with E-state index in [-0.39, 0.29) is 12.2 Å². The van der Waals surface area contributed by atoms with Crippen LogP contribution in [0.2, 0.25) is 0 Å². The van der Waals surface area contributed by atoms with Gasteiger partial charge < -0.3 is 4.74 Å². The second-order valence-electron chi connectivity index (χ2n) is 2.44. The van der Waals surface area contributed by atoms with Gasteiger partial charge in [-0.25, -0.2) is 10.1 Å². The summed E-state index contributed by atoms with van der Waals surface area (Å²) in [7, 11) is 0. The molecular weight excluding hydrogens is 142 g/mol. The molecule has 1 fully saturated rings. The van der Waals surface area contributed by atoms with E-state index >= 15 is 0 Å². The number of nitrogens with zero attached hydrogens (tertiary/aromatic N) is 1. The molecule has 0 aliphatic carbocycles. The summed E-state index contributed by atoms with van der Waals surface area (Å²) in [5.41, 5.74) is 0. The van der Waals surface area contributed by atoms with E-state index in [1.807, 2.05) is 0 Å². The minimum atomic E-state index is -0.289. The zero-order chi connectivity index (χ0) is 8.10. The molecule has 0 aromatic rings. The highest BCUT2D eigenvalue weighted by atomic mass is 16.6. The fraction of sp³-hybridized carbons (Fsp3) is 0.625. The molecule has 0 aromatic heterocycles. The Morgan fingerprint density at radius 1 is 1.73 bits per heavy atom. The first kappa shape index (κ1) is 8.27. The summed E-state index contributed by atoms with van der Waals surface area (Å²) in [4.78, 5) is 10.8. The Balaban J connectivity index is 2.23. The third kappa shape index (κ3) is 2.72. The quantitative estimate of drug-likeness (QED) is 0.436. The van der Waals surface area contributed by atoms with E-state index in [1.54, 1.807) is 13.0 Å². The van der Waals surface area contributed by atoms with E-state index < -0.39 is 0 Å². The number of carbonyl (C=O) groups excluding carboxylic acids is 1. The highest BCUT2D eigenvalue weighted by Gasteiger charge is 2.17. The van der Waals surface area contributed by atoms with Gasteiger partial charge in [-0.1, -0.05) is 6.08 Å². The first-order chi connectivity index (χ1) is 5.33. The van der Waals surface area contributed by atoms with Crippen LogP contribution in [0.4, 0.5) is 0 Å². The predicted molar refractivity (Wildman–Crippen MR) is 40.9 cm³/mol. The van der Waals surface area contributed by atoms with Crippen molar-refractivity contribution < 1.29 is 9.53 Å². The Hall–Kier alpha value is -0.830. The maximum absolute atomic E-state index is 10.8. The topological polar surface area (TPSA) is 40.4 Å². The number of rotatable bonds is 2. The molecule has 0 N–H and O–H groups in total. The van der Waals surface area contributed by atoms with Crippen molar-refractivity contribution in [1.82, 2.24) is 5.32 Å². The molecule has 0 bridgehead atoms. The Bertz CT molecular complexity index is 159. The Labute approximate surface area is 66.4 Å². The van der Waals surface area contributed by atoms with Crippen LogP contribution in [0, 0.1) is 0 Å². The van der Waals surface area contributed by atoms with Gasteiger partial charge in [0.15, 0.2) is 6.23 Å². The first-order valence-electron chi connectivity index (χ1n) is 3.83. The summed E-state index contributed by atoms with van der Waals surface area (Å²) >= 11 is 0. The van der Waals surface area contributed by atoms with Gasteiger partial charge in [0.2, 0.25) is 0 Å². The number of carbonyl (C=O) groups is 1. The largest absolute Gasteiger partial charge is 0.442 e. The van der Waals surface area contributed by atoms with Crippen LogP contribution in [0.5, 0.6) is 0 Å². The van der Waals surface area contributed by atoms with Gasteiger partial charge in [-0.05, 0) is 13.3 Å². The van der Waals surface area contributed by atoms with Crippen LogP contribution in [0.1, 0.15) is 19.8 Å². The Kier molecular flexibility index (Phi) is 3.11. The van der Waals surface area contributed by atoms with Crippen molar-refractivity contribution in [3.05, 3.63) is 12.2 Å². The molecule has 0 saturated carbocycles. The molecular formula is C8H12NO2. The van der Waals surface area contributed by atoms with Crippen molar-refractivity contribution in [2.24, 2.45) is 0 Å². The van der Waals surface area contributed by atoms with Gasteiger partial charge in [-0.2, -0.15) is 0 Å². The van der Waals surface area contributed by atoms with Gasteiger partial charge in [0.1, 0.15) is 0 Å². The lowest BCUT2D eigenvalue weighted by Gasteiger charge is -2.07. The third-order valence-electron chi connectivity index (χ3n) is 1.50. The summed E-state index contributed by atoms with van der Waals surface area (Å²) in [5.74, 6) is -0.289. The van der Waals surface area contributed by atoms with Crippen LogP contribution in [-0.4, -0.2) is 18.7 Å². The van der Waals surface area contributed by atoms with E-state index in [0.717, 1.165) is 19.4 Å². The normalized spacial score (nSPS) is 24.3. The lowest BCUT2D eigenvalue weighted by molar-refractivity contribution is -0.143. The number of esters is 1. The molecule has 1 heterocycles. The van der Waals surface area contributed by atoms with Crippen molar-refractivity contribution >= 4 is 5.97 Å². The average molecular weight is 154 g/mol. The molecule has 1 radical (unpaired) electrons. The zero-order valence-electron chi connectivity index (χ0n) is 6.62. The van der Waals surface area contributed by atoms with Crippen molar-refractivity contribution in [2.75, 3.05) is 6.54 Å². The van der Waals surface area contributed by atoms with Crippen LogP contribution < -0.4 is 5.32 Å². The average Bonchev–Trinajstić information content (AvgIpc) is 2.40. The molecule has 1 atom stereocenters. The van der Waals surface area contributed by atoms with E-state index in [1.165, 1.54) is 6.08 Å². The molecule has 1 aliphatic rings. The number of hydrogen-bond donors (Lipinski definition) is 0. The van der Waals surface area contributed by atoms with Crippen molar-refractivity contribution in [3.63, 3.8) is 0 Å². The Morgan fingerprint density at radius 2 is 2.55 bits per heavy atom. The minimum absolute atomic E-state index is 0.182. The molecule has 0 spiro atoms. The van der Waals surface area contributed by atoms with Crippen molar-refractivity contribution in [2.45, 2.75) is 26.0 Å². The zero-order valence-corrected chi connectivity index (χ0v) is 6.62. The summed E-state index contributed by atoms with van der Waals surface area (Å²) in [6.45, 7) is 2.61. The van der Waals surface area contributed by atoms with E-state index in [2.05, 4.69) is 5.32 Å². The van der Waals surface area contributed by atoms with Crippen LogP contribution in [0.15, 0.2) is 12.2 Å². The van der Waals surface area contributed by atoms with Gasteiger partial charge in [-0.15, -0.1) is 0 Å². The molecule has 0 aromatic carbocycles. The van der Waals surface area contributed by atoms with Crippen molar-refractivity contribution in [1.29, 1.82) is 0 Å². The molecule has 1 rings (SSSR count). The van der Waals surface area contributed by atoms with Gasteiger partial charge in [-0.3, -0.25) is 0 Å². The maximum Gasteiger partial charge on any atom is 0.332 e. The minimum Gasteiger partial charge on any atom is -0.442 e. The monoisotopic (exact) mass is 154 g/mol.